The van der Waals surface area contributed by atoms with Gasteiger partial charge in [-0.15, -0.1) is 0 Å². The number of piperidine rings is 1. The number of nitrogens with one attached hydrogen (secondary N) is 3. The second-order valence-corrected chi connectivity index (χ2v) is 17.3. The number of carbonyl (C=O) groups excluding carboxylic acids is 1. The minimum absolute atomic E-state index is 0.0399. The summed E-state index contributed by atoms with van der Waals surface area (Å²) in [5.74, 6) is 2.92. The van der Waals surface area contributed by atoms with Crippen LogP contribution in [-0.2, 0) is 24.5 Å². The number of aromatic nitrogens is 1. The molecule has 348 valence electrons. The van der Waals surface area contributed by atoms with E-state index in [9.17, 15) is 9.18 Å². The molecular weight excluding hydrogens is 859 g/mol. The molecule has 3 N–H and O–H groups in total. The highest BCUT2D eigenvalue weighted by Crippen LogP contribution is 2.37. The third-order valence-corrected chi connectivity index (χ3v) is 12.9. The predicted molar refractivity (Wildman–Crippen MR) is 259 cm³/mol. The van der Waals surface area contributed by atoms with Crippen LogP contribution in [0.4, 0.5) is 10.1 Å². The lowest BCUT2D eigenvalue weighted by Gasteiger charge is -2.38. The molecule has 66 heavy (non-hydrogen) atoms. The van der Waals surface area contributed by atoms with Gasteiger partial charge in [0.25, 0.3) is 0 Å². The van der Waals surface area contributed by atoms with E-state index in [2.05, 4.69) is 54.7 Å². The monoisotopic (exact) mass is 918 g/mol. The molecule has 6 aromatic rings. The van der Waals surface area contributed by atoms with E-state index < -0.39 is 5.54 Å². The first-order chi connectivity index (χ1) is 32.2. The van der Waals surface area contributed by atoms with E-state index in [-0.39, 0.29) is 18.3 Å². The lowest BCUT2D eigenvalue weighted by atomic mass is 9.86. The minimum atomic E-state index is -0.823. The lowest BCUT2D eigenvalue weighted by Crippen LogP contribution is -2.57. The van der Waals surface area contributed by atoms with Gasteiger partial charge in [0, 0.05) is 91.8 Å². The second kappa shape index (κ2) is 22.0. The van der Waals surface area contributed by atoms with Crippen LogP contribution in [0.1, 0.15) is 30.4 Å². The van der Waals surface area contributed by atoms with Crippen molar-refractivity contribution >= 4 is 34.1 Å². The van der Waals surface area contributed by atoms with Crippen molar-refractivity contribution in [3.05, 3.63) is 131 Å². The number of amides is 1. The molecule has 2 saturated heterocycles. The van der Waals surface area contributed by atoms with Crippen molar-refractivity contribution in [2.45, 2.75) is 44.5 Å². The molecule has 0 unspecified atom stereocenters. The van der Waals surface area contributed by atoms with Gasteiger partial charge in [-0.2, -0.15) is 0 Å². The van der Waals surface area contributed by atoms with Crippen LogP contribution >= 0.6 is 11.6 Å². The smallest absolute Gasteiger partial charge is 0.245 e. The van der Waals surface area contributed by atoms with Crippen LogP contribution in [-0.4, -0.2) is 106 Å². The number of ether oxygens (including phenoxy) is 5. The summed E-state index contributed by atoms with van der Waals surface area (Å²) in [6, 6.07) is 32.1. The van der Waals surface area contributed by atoms with Crippen LogP contribution in [0.2, 0.25) is 5.02 Å². The molecule has 14 heteroatoms. The van der Waals surface area contributed by atoms with Crippen molar-refractivity contribution < 1.29 is 32.9 Å². The summed E-state index contributed by atoms with van der Waals surface area (Å²) in [7, 11) is 4.82. The average molecular weight is 920 g/mol. The number of nitrogens with zero attached hydrogens (tertiary/aromatic N) is 3. The first kappa shape index (κ1) is 46.5. The van der Waals surface area contributed by atoms with Crippen LogP contribution in [0.15, 0.2) is 109 Å². The highest BCUT2D eigenvalue weighted by molar-refractivity contribution is 6.30. The second-order valence-electron chi connectivity index (χ2n) is 16.9. The third-order valence-electron chi connectivity index (χ3n) is 12.6. The fourth-order valence-corrected chi connectivity index (χ4v) is 9.14. The van der Waals surface area contributed by atoms with Gasteiger partial charge >= 0.3 is 0 Å². The van der Waals surface area contributed by atoms with Gasteiger partial charge < -0.3 is 44.2 Å². The number of piperazine rings is 1. The molecule has 2 aliphatic heterocycles. The van der Waals surface area contributed by atoms with Crippen molar-refractivity contribution in [2.24, 2.45) is 0 Å². The number of rotatable bonds is 20. The zero-order valence-corrected chi connectivity index (χ0v) is 38.8. The quantitative estimate of drug-likeness (QED) is 0.0645. The first-order valence-electron chi connectivity index (χ1n) is 22.7. The number of carbonyl (C=O) groups is 1. The van der Waals surface area contributed by atoms with E-state index in [1.807, 2.05) is 66.7 Å². The summed E-state index contributed by atoms with van der Waals surface area (Å²) in [4.78, 5) is 19.2. The molecule has 1 amide bonds. The van der Waals surface area contributed by atoms with E-state index in [1.54, 1.807) is 33.5 Å². The Kier molecular flexibility index (Phi) is 15.5. The van der Waals surface area contributed by atoms with Crippen LogP contribution in [0.5, 0.6) is 28.7 Å². The normalized spacial score (nSPS) is 15.3. The van der Waals surface area contributed by atoms with Gasteiger partial charge in [0.1, 0.15) is 30.3 Å². The Bertz CT molecular complexity index is 2560. The Morgan fingerprint density at radius 3 is 2.26 bits per heavy atom. The van der Waals surface area contributed by atoms with E-state index in [1.165, 1.54) is 11.6 Å². The van der Waals surface area contributed by atoms with E-state index in [0.29, 0.717) is 80.1 Å². The maximum atomic E-state index is 14.7. The van der Waals surface area contributed by atoms with Gasteiger partial charge in [0.05, 0.1) is 21.3 Å². The van der Waals surface area contributed by atoms with Gasteiger partial charge in [0.15, 0.2) is 23.0 Å². The lowest BCUT2D eigenvalue weighted by molar-refractivity contribution is -0.126. The number of halogens is 2. The van der Waals surface area contributed by atoms with Gasteiger partial charge in [-0.25, -0.2) is 4.39 Å². The molecule has 0 spiro atoms. The van der Waals surface area contributed by atoms with Crippen molar-refractivity contribution in [3.63, 3.8) is 0 Å². The van der Waals surface area contributed by atoms with E-state index in [4.69, 9.17) is 35.3 Å². The largest absolute Gasteiger partial charge is 0.493 e. The summed E-state index contributed by atoms with van der Waals surface area (Å²) in [5.41, 5.74) is 5.00. The number of hydrogen-bond donors (Lipinski definition) is 3. The summed E-state index contributed by atoms with van der Waals surface area (Å²) in [6.45, 7) is 8.89. The van der Waals surface area contributed by atoms with E-state index >= 15 is 0 Å². The molecule has 1 aromatic heterocycles. The van der Waals surface area contributed by atoms with Crippen LogP contribution in [0.3, 0.4) is 0 Å². The standard InChI is InChI=1S/C52H60ClFN6O6/c1-62-46-17-11-37(31-48(46)64-3)36-66-49-33-42(14-18-47(49)63-2)57-52(19-22-55-23-20-52)51(61)56-21-6-24-60-35-44(38-7-4-9-41(54)32-38)50-39(8-5-10-45(50)60)34-59-27-25-58(26-28-59)29-30-65-43-15-12-40(53)13-16-43/h4-5,7-18,31-33,35,55,57H,6,19-30,34,36H2,1-3H3,(H,56,61). The van der Waals surface area contributed by atoms with Crippen molar-refractivity contribution in [3.8, 4) is 39.9 Å². The highest BCUT2D eigenvalue weighted by atomic mass is 35.5. The van der Waals surface area contributed by atoms with Crippen molar-refractivity contribution in [1.82, 2.24) is 25.0 Å². The molecule has 0 bridgehead atoms. The Morgan fingerprint density at radius 2 is 1.50 bits per heavy atom. The first-order valence-corrected chi connectivity index (χ1v) is 23.1. The average Bonchev–Trinajstić information content (AvgIpc) is 3.73. The number of methoxy groups -OCH3 is 3. The molecule has 0 saturated carbocycles. The summed E-state index contributed by atoms with van der Waals surface area (Å²) in [6.07, 6.45) is 4.08. The molecule has 3 heterocycles. The summed E-state index contributed by atoms with van der Waals surface area (Å²) < 4.78 is 45.7. The molecule has 8 rings (SSSR count). The van der Waals surface area contributed by atoms with Crippen molar-refractivity contribution in [2.75, 3.05) is 85.6 Å². The van der Waals surface area contributed by atoms with Crippen LogP contribution in [0, 0.1) is 5.82 Å². The minimum Gasteiger partial charge on any atom is -0.493 e. The number of fused-ring (bicyclic) bond motifs is 1. The van der Waals surface area contributed by atoms with Gasteiger partial charge in [-0.3, -0.25) is 14.6 Å². The summed E-state index contributed by atoms with van der Waals surface area (Å²) >= 11 is 6.03. The molecule has 0 atom stereocenters. The third kappa shape index (κ3) is 11.3. The Hall–Kier alpha value is -5.99. The predicted octanol–water partition coefficient (Wildman–Crippen LogP) is 8.64. The Morgan fingerprint density at radius 1 is 0.773 bits per heavy atom. The van der Waals surface area contributed by atoms with Gasteiger partial charge in [-0.05, 0) is 116 Å². The van der Waals surface area contributed by atoms with Gasteiger partial charge in [-0.1, -0.05) is 41.9 Å². The molecule has 5 aromatic carbocycles. The number of aryl methyl sites for hydroxylation is 1. The number of anilines is 1. The molecule has 12 nitrogen and oxygen atoms in total. The van der Waals surface area contributed by atoms with E-state index in [0.717, 1.165) is 78.3 Å². The number of hydrogen-bond acceptors (Lipinski definition) is 10. The maximum absolute atomic E-state index is 14.7. The van der Waals surface area contributed by atoms with Crippen LogP contribution in [0.25, 0.3) is 22.0 Å². The Labute approximate surface area is 391 Å². The van der Waals surface area contributed by atoms with Crippen LogP contribution < -0.4 is 39.6 Å². The topological polar surface area (TPSA) is 111 Å². The molecular formula is C52H60ClFN6O6. The molecule has 0 aliphatic carbocycles. The fraction of sp³-hybridized carbons (Fsp3) is 0.365. The Balaban J connectivity index is 0.911. The fourth-order valence-electron chi connectivity index (χ4n) is 9.01. The highest BCUT2D eigenvalue weighted by Gasteiger charge is 2.39. The van der Waals surface area contributed by atoms with Crippen molar-refractivity contribution in [1.29, 1.82) is 0 Å². The summed E-state index contributed by atoms with van der Waals surface area (Å²) in [5, 5.41) is 12.1. The molecule has 2 aliphatic rings. The molecule has 2 fully saturated rings. The van der Waals surface area contributed by atoms with Gasteiger partial charge in [0.2, 0.25) is 5.91 Å². The number of benzene rings is 5. The SMILES string of the molecule is COc1ccc(COc2cc(NC3(C(=O)NCCCn4cc(-c5cccc(F)c5)c5c(CN6CCN(CCOc7ccc(Cl)cc7)CC6)cccc54)CCNCC3)ccc2OC)cc1OC. The zero-order valence-electron chi connectivity index (χ0n) is 38.0. The molecule has 0 radical (unpaired) electrons. The zero-order chi connectivity index (χ0) is 45.9. The maximum Gasteiger partial charge on any atom is 0.245 e.